The minimum absolute atomic E-state index is 0.447. The second-order valence-electron chi connectivity index (χ2n) is 7.37. The Balaban J connectivity index is 1.76. The van der Waals surface area contributed by atoms with Gasteiger partial charge in [-0.2, -0.15) is 0 Å². The molecule has 2 aromatic carbocycles. The standard InChI is InChI=1S/C23H31NS/c1-18(17-24-2)23(19-9-5-3-6-10-19)20-13-15-22(16-14-20)25-21-11-7-4-8-12-21/h3,5-6,9-10,13-16,18,21,23-24H,4,7-8,11-12,17H2,1-2H3. The molecule has 134 valence electrons. The van der Waals surface area contributed by atoms with Gasteiger partial charge >= 0.3 is 0 Å². The lowest BCUT2D eigenvalue weighted by Gasteiger charge is -2.26. The quantitative estimate of drug-likeness (QED) is 0.645. The Morgan fingerprint density at radius 1 is 0.920 bits per heavy atom. The first-order chi connectivity index (χ1) is 12.3. The van der Waals surface area contributed by atoms with Gasteiger partial charge in [0.2, 0.25) is 0 Å². The minimum atomic E-state index is 0.447. The predicted molar refractivity (Wildman–Crippen MR) is 111 cm³/mol. The maximum atomic E-state index is 3.35. The number of benzene rings is 2. The Morgan fingerprint density at radius 2 is 1.56 bits per heavy atom. The van der Waals surface area contributed by atoms with E-state index in [0.717, 1.165) is 11.8 Å². The number of hydrogen-bond donors (Lipinski definition) is 1. The molecule has 0 spiro atoms. The van der Waals surface area contributed by atoms with Gasteiger partial charge in [0.1, 0.15) is 0 Å². The Kier molecular flexibility index (Phi) is 7.01. The van der Waals surface area contributed by atoms with Crippen molar-refractivity contribution < 1.29 is 0 Å². The molecule has 3 rings (SSSR count). The van der Waals surface area contributed by atoms with Gasteiger partial charge < -0.3 is 5.32 Å². The predicted octanol–water partition coefficient (Wildman–Crippen LogP) is 6.10. The van der Waals surface area contributed by atoms with Gasteiger partial charge in [0.25, 0.3) is 0 Å². The Hall–Kier alpha value is -1.25. The zero-order valence-electron chi connectivity index (χ0n) is 15.6. The van der Waals surface area contributed by atoms with Gasteiger partial charge in [0.05, 0.1) is 0 Å². The lowest BCUT2D eigenvalue weighted by Crippen LogP contribution is -2.23. The second kappa shape index (κ2) is 9.45. The van der Waals surface area contributed by atoms with E-state index in [1.165, 1.54) is 48.1 Å². The number of nitrogens with one attached hydrogen (secondary N) is 1. The van der Waals surface area contributed by atoms with Gasteiger partial charge in [-0.25, -0.2) is 0 Å². The van der Waals surface area contributed by atoms with Crippen LogP contribution in [0.1, 0.15) is 56.1 Å². The average molecular weight is 354 g/mol. The van der Waals surface area contributed by atoms with Crippen LogP contribution in [-0.4, -0.2) is 18.8 Å². The molecule has 1 fully saturated rings. The highest BCUT2D eigenvalue weighted by atomic mass is 32.2. The molecule has 1 saturated carbocycles. The molecular formula is C23H31NS. The van der Waals surface area contributed by atoms with Crippen molar-refractivity contribution in [1.29, 1.82) is 0 Å². The normalized spacial score (nSPS) is 18.0. The highest BCUT2D eigenvalue weighted by molar-refractivity contribution is 8.00. The summed E-state index contributed by atoms with van der Waals surface area (Å²) < 4.78 is 0. The van der Waals surface area contributed by atoms with E-state index in [4.69, 9.17) is 0 Å². The zero-order chi connectivity index (χ0) is 17.5. The minimum Gasteiger partial charge on any atom is -0.319 e. The summed E-state index contributed by atoms with van der Waals surface area (Å²) in [6, 6.07) is 20.3. The first kappa shape index (κ1) is 18.5. The first-order valence-electron chi connectivity index (χ1n) is 9.74. The van der Waals surface area contributed by atoms with E-state index in [-0.39, 0.29) is 0 Å². The van der Waals surface area contributed by atoms with Crippen LogP contribution in [0.4, 0.5) is 0 Å². The third-order valence-electron chi connectivity index (χ3n) is 5.35. The summed E-state index contributed by atoms with van der Waals surface area (Å²) in [5.41, 5.74) is 2.85. The zero-order valence-corrected chi connectivity index (χ0v) is 16.4. The molecule has 1 nitrogen and oxygen atoms in total. The summed E-state index contributed by atoms with van der Waals surface area (Å²) >= 11 is 2.09. The van der Waals surface area contributed by atoms with Crippen LogP contribution in [0.3, 0.4) is 0 Å². The summed E-state index contributed by atoms with van der Waals surface area (Å²) in [4.78, 5) is 1.43. The van der Waals surface area contributed by atoms with E-state index in [9.17, 15) is 0 Å². The summed E-state index contributed by atoms with van der Waals surface area (Å²) in [5.74, 6) is 1.01. The molecule has 0 heterocycles. The van der Waals surface area contributed by atoms with E-state index in [1.54, 1.807) is 0 Å². The third kappa shape index (κ3) is 5.12. The van der Waals surface area contributed by atoms with Crippen LogP contribution in [0.2, 0.25) is 0 Å². The summed E-state index contributed by atoms with van der Waals surface area (Å²) in [5, 5.41) is 4.18. The van der Waals surface area contributed by atoms with Crippen molar-refractivity contribution in [1.82, 2.24) is 5.32 Å². The van der Waals surface area contributed by atoms with E-state index in [0.29, 0.717) is 11.8 Å². The fourth-order valence-electron chi connectivity index (χ4n) is 4.08. The van der Waals surface area contributed by atoms with Crippen LogP contribution < -0.4 is 5.32 Å². The molecule has 1 aliphatic carbocycles. The lowest BCUT2D eigenvalue weighted by atomic mass is 9.81. The number of rotatable bonds is 7. The number of thioether (sulfide) groups is 1. The monoisotopic (exact) mass is 353 g/mol. The molecule has 2 unspecified atom stereocenters. The molecular weight excluding hydrogens is 322 g/mol. The molecule has 1 aliphatic rings. The molecule has 0 amide bonds. The second-order valence-corrected chi connectivity index (χ2v) is 8.74. The van der Waals surface area contributed by atoms with Crippen molar-refractivity contribution in [3.8, 4) is 0 Å². The van der Waals surface area contributed by atoms with E-state index in [2.05, 4.69) is 78.6 Å². The molecule has 25 heavy (non-hydrogen) atoms. The molecule has 0 aliphatic heterocycles. The van der Waals surface area contributed by atoms with Crippen LogP contribution in [-0.2, 0) is 0 Å². The van der Waals surface area contributed by atoms with Crippen molar-refractivity contribution in [2.45, 2.75) is 55.1 Å². The fraction of sp³-hybridized carbons (Fsp3) is 0.478. The maximum Gasteiger partial charge on any atom is 0.0127 e. The maximum absolute atomic E-state index is 3.35. The van der Waals surface area contributed by atoms with Crippen molar-refractivity contribution in [2.75, 3.05) is 13.6 Å². The van der Waals surface area contributed by atoms with Crippen molar-refractivity contribution >= 4 is 11.8 Å². The van der Waals surface area contributed by atoms with E-state index >= 15 is 0 Å². The first-order valence-corrected chi connectivity index (χ1v) is 10.6. The lowest BCUT2D eigenvalue weighted by molar-refractivity contribution is 0.486. The van der Waals surface area contributed by atoms with Gasteiger partial charge in [-0.15, -0.1) is 11.8 Å². The third-order valence-corrected chi connectivity index (χ3v) is 6.70. The molecule has 2 aromatic rings. The van der Waals surface area contributed by atoms with Crippen LogP contribution in [0.25, 0.3) is 0 Å². The van der Waals surface area contributed by atoms with Crippen molar-refractivity contribution in [3.05, 3.63) is 65.7 Å². The summed E-state index contributed by atoms with van der Waals surface area (Å²) in [7, 11) is 2.04. The largest absolute Gasteiger partial charge is 0.319 e. The topological polar surface area (TPSA) is 12.0 Å². The molecule has 2 atom stereocenters. The molecule has 0 aromatic heterocycles. The Morgan fingerprint density at radius 3 is 2.20 bits per heavy atom. The molecule has 0 bridgehead atoms. The number of hydrogen-bond acceptors (Lipinski definition) is 2. The van der Waals surface area contributed by atoms with Crippen LogP contribution in [0, 0.1) is 5.92 Å². The van der Waals surface area contributed by atoms with E-state index < -0.39 is 0 Å². The van der Waals surface area contributed by atoms with Gasteiger partial charge in [0, 0.05) is 16.1 Å². The smallest absolute Gasteiger partial charge is 0.0127 e. The summed E-state index contributed by atoms with van der Waals surface area (Å²) in [6.07, 6.45) is 7.02. The summed E-state index contributed by atoms with van der Waals surface area (Å²) in [6.45, 7) is 3.37. The highest BCUT2D eigenvalue weighted by Gasteiger charge is 2.21. The van der Waals surface area contributed by atoms with Gasteiger partial charge in [0.15, 0.2) is 0 Å². The molecule has 2 heteroatoms. The van der Waals surface area contributed by atoms with Crippen LogP contribution in [0.15, 0.2) is 59.5 Å². The molecule has 0 radical (unpaired) electrons. The van der Waals surface area contributed by atoms with Crippen molar-refractivity contribution in [3.63, 3.8) is 0 Å². The van der Waals surface area contributed by atoms with Crippen molar-refractivity contribution in [2.24, 2.45) is 5.92 Å². The van der Waals surface area contributed by atoms with Gasteiger partial charge in [-0.1, -0.05) is 68.7 Å². The Labute approximate surface area is 157 Å². The SMILES string of the molecule is CNCC(C)C(c1ccccc1)c1ccc(SC2CCCCC2)cc1. The molecule has 0 saturated heterocycles. The highest BCUT2D eigenvalue weighted by Crippen LogP contribution is 2.36. The van der Waals surface area contributed by atoms with Crippen LogP contribution >= 0.6 is 11.8 Å². The Bertz CT molecular complexity index is 616. The van der Waals surface area contributed by atoms with Crippen LogP contribution in [0.5, 0.6) is 0 Å². The van der Waals surface area contributed by atoms with Gasteiger partial charge in [-0.3, -0.25) is 0 Å². The average Bonchev–Trinajstić information content (AvgIpc) is 2.65. The van der Waals surface area contributed by atoms with Gasteiger partial charge in [-0.05, 0) is 55.6 Å². The molecule has 1 N–H and O–H groups in total. The van der Waals surface area contributed by atoms with E-state index in [1.807, 2.05) is 7.05 Å². The fourth-order valence-corrected chi connectivity index (χ4v) is 5.33.